The average molecular weight is 328 g/mol. The first-order chi connectivity index (χ1) is 9.19. The van der Waals surface area contributed by atoms with Crippen molar-refractivity contribution in [1.82, 2.24) is 0 Å². The zero-order valence-electron chi connectivity index (χ0n) is 10.8. The number of fused-ring (bicyclic) bond motifs is 1. The van der Waals surface area contributed by atoms with Gasteiger partial charge in [-0.05, 0) is 0 Å². The maximum absolute atomic E-state index is 11.8. The molecule has 0 aliphatic rings. The van der Waals surface area contributed by atoms with Crippen LogP contribution in [0.3, 0.4) is 0 Å². The summed E-state index contributed by atoms with van der Waals surface area (Å²) in [6, 6.07) is 5.65. The molecule has 0 radical (unpaired) electrons. The summed E-state index contributed by atoms with van der Waals surface area (Å²) in [5.41, 5.74) is 6.53. The van der Waals surface area contributed by atoms with Gasteiger partial charge in [0.15, 0.2) is 0 Å². The summed E-state index contributed by atoms with van der Waals surface area (Å²) < 4.78 is 17.0. The van der Waals surface area contributed by atoms with E-state index in [9.17, 15) is 4.79 Å². The van der Waals surface area contributed by atoms with Crippen LogP contribution in [0.5, 0.6) is 5.75 Å². The summed E-state index contributed by atoms with van der Waals surface area (Å²) in [5, 5.41) is 0.794. The van der Waals surface area contributed by atoms with Crippen LogP contribution in [-0.2, 0) is 9.47 Å². The van der Waals surface area contributed by atoms with Gasteiger partial charge in [0.25, 0.3) is 0 Å². The zero-order chi connectivity index (χ0) is 13.8. The van der Waals surface area contributed by atoms with Crippen molar-refractivity contribution < 1.29 is 19.0 Å². The quantitative estimate of drug-likeness (QED) is 0.513. The normalized spacial score (nSPS) is 10.6. The van der Waals surface area contributed by atoms with Gasteiger partial charge >= 0.3 is 116 Å². The van der Waals surface area contributed by atoms with Gasteiger partial charge in [-0.3, -0.25) is 0 Å². The summed E-state index contributed by atoms with van der Waals surface area (Å²) >= 11 is -0.141. The molecule has 0 aliphatic carbocycles. The first-order valence-corrected chi connectivity index (χ1v) is 7.50. The first kappa shape index (κ1) is 13.9. The van der Waals surface area contributed by atoms with Gasteiger partial charge in [0.1, 0.15) is 0 Å². The minimum atomic E-state index is -0.339. The van der Waals surface area contributed by atoms with E-state index in [1.807, 2.05) is 18.2 Å². The molecule has 0 bridgehead atoms. The molecule has 102 valence electrons. The Kier molecular flexibility index (Phi) is 4.47. The second-order valence-electron chi connectivity index (χ2n) is 3.75. The van der Waals surface area contributed by atoms with E-state index in [4.69, 9.17) is 19.9 Å². The molecule has 2 aromatic rings. The molecule has 0 saturated heterocycles. The SMILES string of the molecule is CCOC(=O)c1[se]c2cccc(OCOC)c2c1N. The molecule has 1 aromatic heterocycles. The van der Waals surface area contributed by atoms with Crippen molar-refractivity contribution in [3.05, 3.63) is 22.6 Å². The molecule has 0 unspecified atom stereocenters. The summed E-state index contributed by atoms with van der Waals surface area (Å²) in [5.74, 6) is 0.298. The molecule has 0 fully saturated rings. The van der Waals surface area contributed by atoms with E-state index >= 15 is 0 Å². The third-order valence-electron chi connectivity index (χ3n) is 2.51. The van der Waals surface area contributed by atoms with Gasteiger partial charge in [-0.25, -0.2) is 0 Å². The third kappa shape index (κ3) is 2.76. The van der Waals surface area contributed by atoms with Crippen molar-refractivity contribution in [2.45, 2.75) is 6.92 Å². The molecule has 1 aromatic carbocycles. The van der Waals surface area contributed by atoms with Crippen molar-refractivity contribution in [2.75, 3.05) is 26.2 Å². The Labute approximate surface area is 117 Å². The van der Waals surface area contributed by atoms with E-state index in [0.717, 1.165) is 9.65 Å². The van der Waals surface area contributed by atoms with Crippen LogP contribution in [0, 0.1) is 0 Å². The molecular formula is C13H15NO4Se. The topological polar surface area (TPSA) is 70.8 Å². The van der Waals surface area contributed by atoms with Crippen LogP contribution in [0.4, 0.5) is 5.69 Å². The van der Waals surface area contributed by atoms with Gasteiger partial charge in [0.05, 0.1) is 0 Å². The van der Waals surface area contributed by atoms with Gasteiger partial charge in [0.2, 0.25) is 0 Å². The predicted molar refractivity (Wildman–Crippen MR) is 73.8 cm³/mol. The first-order valence-electron chi connectivity index (χ1n) is 5.78. The number of ether oxygens (including phenoxy) is 3. The predicted octanol–water partition coefficient (Wildman–Crippen LogP) is 1.64. The molecule has 19 heavy (non-hydrogen) atoms. The Morgan fingerprint density at radius 2 is 2.21 bits per heavy atom. The maximum atomic E-state index is 11.8. The molecule has 0 atom stereocenters. The summed E-state index contributed by atoms with van der Waals surface area (Å²) in [4.78, 5) is 11.8. The number of hydrogen-bond donors (Lipinski definition) is 1. The molecule has 6 heteroatoms. The molecule has 2 N–H and O–H groups in total. The van der Waals surface area contributed by atoms with Crippen LogP contribution in [0.2, 0.25) is 0 Å². The number of methoxy groups -OCH3 is 1. The molecule has 2 rings (SSSR count). The number of anilines is 1. The third-order valence-corrected chi connectivity index (χ3v) is 4.92. The molecular weight excluding hydrogens is 313 g/mol. The fourth-order valence-electron chi connectivity index (χ4n) is 1.73. The molecule has 0 aliphatic heterocycles. The molecule has 0 amide bonds. The van der Waals surface area contributed by atoms with E-state index in [0.29, 0.717) is 22.5 Å². The van der Waals surface area contributed by atoms with Gasteiger partial charge < -0.3 is 0 Å². The van der Waals surface area contributed by atoms with E-state index in [-0.39, 0.29) is 27.3 Å². The van der Waals surface area contributed by atoms with Gasteiger partial charge in [-0.1, -0.05) is 0 Å². The summed E-state index contributed by atoms with van der Waals surface area (Å²) in [7, 11) is 1.55. The van der Waals surface area contributed by atoms with Crippen LogP contribution in [0.15, 0.2) is 18.2 Å². The molecule has 5 nitrogen and oxygen atoms in total. The molecule has 0 spiro atoms. The minimum absolute atomic E-state index is 0.141. The van der Waals surface area contributed by atoms with E-state index < -0.39 is 0 Å². The van der Waals surface area contributed by atoms with Crippen LogP contribution in [0.25, 0.3) is 9.65 Å². The second kappa shape index (κ2) is 6.10. The number of nitrogen functional groups attached to an aromatic ring is 1. The van der Waals surface area contributed by atoms with Crippen molar-refractivity contribution in [3.63, 3.8) is 0 Å². The summed E-state index contributed by atoms with van der Waals surface area (Å²) in [6.07, 6.45) is 0. The van der Waals surface area contributed by atoms with Crippen LogP contribution in [0.1, 0.15) is 16.2 Å². The van der Waals surface area contributed by atoms with E-state index in [2.05, 4.69) is 0 Å². The number of carbonyl (C=O) groups excluding carboxylic acids is 1. The number of rotatable bonds is 5. The Balaban J connectivity index is 2.48. The number of benzene rings is 1. The van der Waals surface area contributed by atoms with Gasteiger partial charge in [-0.2, -0.15) is 0 Å². The number of esters is 1. The second-order valence-corrected chi connectivity index (χ2v) is 5.95. The Morgan fingerprint density at radius 3 is 2.89 bits per heavy atom. The Morgan fingerprint density at radius 1 is 1.42 bits per heavy atom. The number of carbonyl (C=O) groups is 1. The monoisotopic (exact) mass is 329 g/mol. The van der Waals surface area contributed by atoms with Gasteiger partial charge in [0, 0.05) is 0 Å². The van der Waals surface area contributed by atoms with E-state index in [1.165, 1.54) is 0 Å². The standard InChI is InChI=1S/C13H15NO4Se/c1-3-17-13(15)12-11(14)10-8(18-7-16-2)5-4-6-9(10)19-12/h4-6H,3,7,14H2,1-2H3. The molecule has 0 saturated carbocycles. The fourth-order valence-corrected chi connectivity index (χ4v) is 3.90. The Bertz CT molecular complexity index is 594. The average Bonchev–Trinajstić information content (AvgIpc) is 2.75. The van der Waals surface area contributed by atoms with Gasteiger partial charge in [-0.15, -0.1) is 0 Å². The molecule has 1 heterocycles. The van der Waals surface area contributed by atoms with E-state index in [1.54, 1.807) is 14.0 Å². The van der Waals surface area contributed by atoms with Crippen molar-refractivity contribution in [3.8, 4) is 5.75 Å². The van der Waals surface area contributed by atoms with Crippen molar-refractivity contribution in [2.24, 2.45) is 0 Å². The van der Waals surface area contributed by atoms with Crippen LogP contribution >= 0.6 is 0 Å². The van der Waals surface area contributed by atoms with Crippen LogP contribution < -0.4 is 10.5 Å². The number of hydrogen-bond acceptors (Lipinski definition) is 5. The zero-order valence-corrected chi connectivity index (χ0v) is 12.5. The van der Waals surface area contributed by atoms with Crippen molar-refractivity contribution >= 4 is 35.8 Å². The van der Waals surface area contributed by atoms with Crippen LogP contribution in [-0.4, -0.2) is 41.0 Å². The fraction of sp³-hybridized carbons (Fsp3) is 0.308. The van der Waals surface area contributed by atoms with Crippen molar-refractivity contribution in [1.29, 1.82) is 0 Å². The summed E-state index contributed by atoms with van der Waals surface area (Å²) in [6.45, 7) is 2.26. The number of nitrogens with two attached hydrogens (primary N) is 1. The Hall–Kier alpha value is -1.49.